The molecule has 1 heterocycles. The van der Waals surface area contributed by atoms with Gasteiger partial charge in [0.25, 0.3) is 0 Å². The molecule has 0 saturated carbocycles. The van der Waals surface area contributed by atoms with E-state index < -0.39 is 41.9 Å². The van der Waals surface area contributed by atoms with Gasteiger partial charge in [0.15, 0.2) is 0 Å². The standard InChI is InChI=1S/C14H18F7N5O2/c1-6(2)22-9-23-10(25-11(24-9)28-5)26(7(3)4)8(27)12(15,16)13(17,18)14(19,20)21/h6-7H,1-5H3,(H,22,23,24,25). The van der Waals surface area contributed by atoms with Crippen LogP contribution in [0.1, 0.15) is 27.7 Å². The fraction of sp³-hybridized carbons (Fsp3) is 0.714. The van der Waals surface area contributed by atoms with Crippen molar-refractivity contribution in [1.82, 2.24) is 15.0 Å². The molecule has 0 spiro atoms. The first-order valence-electron chi connectivity index (χ1n) is 7.78. The van der Waals surface area contributed by atoms with Gasteiger partial charge in [-0.05, 0) is 27.7 Å². The van der Waals surface area contributed by atoms with E-state index in [1.807, 2.05) is 0 Å². The van der Waals surface area contributed by atoms with Crippen LogP contribution in [0.3, 0.4) is 0 Å². The fourth-order valence-corrected chi connectivity index (χ4v) is 1.89. The number of carbonyl (C=O) groups excluding carboxylic acids is 1. The third kappa shape index (κ3) is 4.52. The quantitative estimate of drug-likeness (QED) is 0.681. The lowest BCUT2D eigenvalue weighted by molar-refractivity contribution is -0.343. The molecule has 0 unspecified atom stereocenters. The Morgan fingerprint density at radius 3 is 1.93 bits per heavy atom. The summed E-state index contributed by atoms with van der Waals surface area (Å²) in [6.45, 7) is 5.51. The van der Waals surface area contributed by atoms with E-state index in [-0.39, 0.29) is 16.9 Å². The molecular weight excluding hydrogens is 403 g/mol. The third-order valence-corrected chi connectivity index (χ3v) is 3.17. The molecule has 0 aliphatic rings. The molecule has 1 amide bonds. The lowest BCUT2D eigenvalue weighted by atomic mass is 10.1. The molecule has 0 aromatic carbocycles. The van der Waals surface area contributed by atoms with Crippen LogP contribution in [-0.4, -0.2) is 58.1 Å². The van der Waals surface area contributed by atoms with Crippen LogP contribution >= 0.6 is 0 Å². The Hall–Kier alpha value is -2.41. The second-order valence-electron chi connectivity index (χ2n) is 6.16. The molecule has 0 bridgehead atoms. The molecule has 0 fully saturated rings. The molecule has 0 aliphatic heterocycles. The van der Waals surface area contributed by atoms with Crippen LogP contribution < -0.4 is 15.0 Å². The van der Waals surface area contributed by atoms with Gasteiger partial charge in [-0.1, -0.05) is 0 Å². The largest absolute Gasteiger partial charge is 0.467 e. The number of aromatic nitrogens is 3. The first-order chi connectivity index (χ1) is 12.6. The summed E-state index contributed by atoms with van der Waals surface area (Å²) in [4.78, 5) is 22.9. The Morgan fingerprint density at radius 2 is 1.54 bits per heavy atom. The summed E-state index contributed by atoms with van der Waals surface area (Å²) in [7, 11) is 1.09. The van der Waals surface area contributed by atoms with Gasteiger partial charge in [-0.15, -0.1) is 0 Å². The normalized spacial score (nSPS) is 13.1. The summed E-state index contributed by atoms with van der Waals surface area (Å²) in [6, 6.07) is -2.06. The lowest BCUT2D eigenvalue weighted by Crippen LogP contribution is -2.61. The third-order valence-electron chi connectivity index (χ3n) is 3.17. The number of anilines is 2. The first kappa shape index (κ1) is 23.6. The summed E-state index contributed by atoms with van der Waals surface area (Å²) < 4.78 is 96.3. The maximum atomic E-state index is 13.9. The van der Waals surface area contributed by atoms with Crippen LogP contribution in [0.25, 0.3) is 0 Å². The van der Waals surface area contributed by atoms with Crippen LogP contribution in [-0.2, 0) is 4.79 Å². The van der Waals surface area contributed by atoms with Gasteiger partial charge >= 0.3 is 29.9 Å². The number of rotatable bonds is 7. The van der Waals surface area contributed by atoms with E-state index in [1.54, 1.807) is 13.8 Å². The second-order valence-corrected chi connectivity index (χ2v) is 6.16. The van der Waals surface area contributed by atoms with Crippen molar-refractivity contribution in [3.63, 3.8) is 0 Å². The summed E-state index contributed by atoms with van der Waals surface area (Å²) in [5, 5.41) is 2.65. The highest BCUT2D eigenvalue weighted by atomic mass is 19.4. The van der Waals surface area contributed by atoms with E-state index in [9.17, 15) is 35.5 Å². The SMILES string of the molecule is COc1nc(NC(C)C)nc(N(C(=O)C(F)(F)C(F)(F)C(F)(F)F)C(C)C)n1. The topological polar surface area (TPSA) is 80.2 Å². The zero-order valence-corrected chi connectivity index (χ0v) is 15.4. The smallest absolute Gasteiger partial charge is 0.460 e. The fourth-order valence-electron chi connectivity index (χ4n) is 1.89. The number of hydrogen-bond acceptors (Lipinski definition) is 6. The van der Waals surface area contributed by atoms with Gasteiger partial charge < -0.3 is 10.1 Å². The molecule has 1 rings (SSSR count). The van der Waals surface area contributed by atoms with Gasteiger partial charge in [0.1, 0.15) is 0 Å². The number of methoxy groups -OCH3 is 1. The van der Waals surface area contributed by atoms with Gasteiger partial charge in [0, 0.05) is 12.1 Å². The highest BCUT2D eigenvalue weighted by molar-refractivity contribution is 5.98. The minimum atomic E-state index is -6.66. The number of nitrogens with one attached hydrogen (secondary N) is 1. The molecule has 7 nitrogen and oxygen atoms in total. The molecule has 0 aliphatic carbocycles. The predicted octanol–water partition coefficient (Wildman–Crippen LogP) is 3.27. The Labute approximate surface area is 155 Å². The van der Waals surface area contributed by atoms with Crippen molar-refractivity contribution >= 4 is 17.8 Å². The molecule has 0 atom stereocenters. The van der Waals surface area contributed by atoms with E-state index in [2.05, 4.69) is 20.3 Å². The monoisotopic (exact) mass is 421 g/mol. The van der Waals surface area contributed by atoms with E-state index in [1.165, 1.54) is 0 Å². The number of amides is 1. The zero-order chi connectivity index (χ0) is 22.1. The van der Waals surface area contributed by atoms with E-state index in [0.29, 0.717) is 0 Å². The summed E-state index contributed by atoms with van der Waals surface area (Å²) >= 11 is 0. The minimum absolute atomic E-state index is 0.0741. The maximum absolute atomic E-state index is 13.9. The van der Waals surface area contributed by atoms with Gasteiger partial charge in [-0.3, -0.25) is 9.69 Å². The minimum Gasteiger partial charge on any atom is -0.467 e. The van der Waals surface area contributed by atoms with Gasteiger partial charge in [-0.2, -0.15) is 45.7 Å². The Morgan fingerprint density at radius 1 is 1.00 bits per heavy atom. The first-order valence-corrected chi connectivity index (χ1v) is 7.78. The van der Waals surface area contributed by atoms with Crippen LogP contribution in [0.15, 0.2) is 0 Å². The Balaban J connectivity index is 3.51. The highest BCUT2D eigenvalue weighted by Gasteiger charge is 2.77. The van der Waals surface area contributed by atoms with E-state index in [0.717, 1.165) is 21.0 Å². The van der Waals surface area contributed by atoms with Crippen LogP contribution in [0.4, 0.5) is 42.6 Å². The summed E-state index contributed by atoms with van der Waals surface area (Å²) in [5.41, 5.74) is 0. The molecule has 28 heavy (non-hydrogen) atoms. The number of ether oxygens (including phenoxy) is 1. The van der Waals surface area contributed by atoms with Crippen molar-refractivity contribution < 1.29 is 40.3 Å². The highest BCUT2D eigenvalue weighted by Crippen LogP contribution is 2.47. The molecular formula is C14H18F7N5O2. The number of nitrogens with zero attached hydrogens (tertiary/aromatic N) is 4. The van der Waals surface area contributed by atoms with Crippen molar-refractivity contribution in [3.8, 4) is 6.01 Å². The van der Waals surface area contributed by atoms with Crippen LogP contribution in [0, 0.1) is 0 Å². The van der Waals surface area contributed by atoms with Crippen LogP contribution in [0.5, 0.6) is 6.01 Å². The van der Waals surface area contributed by atoms with Crippen molar-refractivity contribution in [2.45, 2.75) is 57.8 Å². The van der Waals surface area contributed by atoms with Crippen molar-refractivity contribution in [1.29, 1.82) is 0 Å². The maximum Gasteiger partial charge on any atom is 0.460 e. The van der Waals surface area contributed by atoms with Gasteiger partial charge in [0.05, 0.1) is 7.11 Å². The van der Waals surface area contributed by atoms with Crippen LogP contribution in [0.2, 0.25) is 0 Å². The van der Waals surface area contributed by atoms with Gasteiger partial charge in [0.2, 0.25) is 11.9 Å². The molecule has 1 aromatic heterocycles. The predicted molar refractivity (Wildman–Crippen MR) is 83.7 cm³/mol. The van der Waals surface area contributed by atoms with Gasteiger partial charge in [-0.25, -0.2) is 0 Å². The van der Waals surface area contributed by atoms with Crippen molar-refractivity contribution in [2.24, 2.45) is 0 Å². The average molecular weight is 421 g/mol. The lowest BCUT2D eigenvalue weighted by Gasteiger charge is -2.32. The van der Waals surface area contributed by atoms with Crippen molar-refractivity contribution in [3.05, 3.63) is 0 Å². The summed E-state index contributed by atoms with van der Waals surface area (Å²) in [5.74, 6) is -16.7. The van der Waals surface area contributed by atoms with E-state index >= 15 is 0 Å². The molecule has 14 heteroatoms. The molecule has 1 aromatic rings. The molecule has 0 radical (unpaired) electrons. The molecule has 0 saturated heterocycles. The average Bonchev–Trinajstić information content (AvgIpc) is 2.52. The second kappa shape index (κ2) is 7.91. The number of hydrogen-bond donors (Lipinski definition) is 1. The summed E-state index contributed by atoms with van der Waals surface area (Å²) in [6.07, 6.45) is -6.66. The Bertz CT molecular complexity index is 710. The number of halogens is 7. The van der Waals surface area contributed by atoms with E-state index in [4.69, 9.17) is 4.74 Å². The Kier molecular flexibility index (Phi) is 6.68. The van der Waals surface area contributed by atoms with Crippen molar-refractivity contribution in [2.75, 3.05) is 17.3 Å². The molecule has 160 valence electrons. The number of carbonyl (C=O) groups is 1. The number of alkyl halides is 7. The molecule has 1 N–H and O–H groups in total. The zero-order valence-electron chi connectivity index (χ0n) is 15.4.